The van der Waals surface area contributed by atoms with Crippen LogP contribution in [0.4, 0.5) is 0 Å². The van der Waals surface area contributed by atoms with Gasteiger partial charge < -0.3 is 9.32 Å². The van der Waals surface area contributed by atoms with E-state index in [1.165, 1.54) is 0 Å². The number of likely N-dealkylation sites (tertiary alicyclic amines) is 1. The highest BCUT2D eigenvalue weighted by Crippen LogP contribution is 2.29. The Labute approximate surface area is 128 Å². The van der Waals surface area contributed by atoms with Crippen LogP contribution in [0.1, 0.15) is 31.6 Å². The Balaban J connectivity index is 1.78. The molecule has 1 aliphatic heterocycles. The number of nitrogens with zero attached hydrogens (tertiary/aromatic N) is 2. The number of aromatic nitrogens is 1. The number of thioether (sulfide) groups is 1. The zero-order valence-corrected chi connectivity index (χ0v) is 13.2. The molecule has 4 nitrogen and oxygen atoms in total. The third kappa shape index (κ3) is 2.93. The van der Waals surface area contributed by atoms with Crippen LogP contribution in [0.15, 0.2) is 28.7 Å². The molecule has 0 saturated carbocycles. The number of fused-ring (bicyclic) bond motifs is 1. The van der Waals surface area contributed by atoms with Crippen molar-refractivity contribution in [1.29, 1.82) is 0 Å². The van der Waals surface area contributed by atoms with Crippen molar-refractivity contribution >= 4 is 28.8 Å². The minimum Gasteiger partial charge on any atom is -0.440 e. The summed E-state index contributed by atoms with van der Waals surface area (Å²) in [5, 5.41) is 0.0207. The molecular weight excluding hydrogens is 284 g/mol. The van der Waals surface area contributed by atoms with Gasteiger partial charge in [0.2, 0.25) is 5.91 Å². The Morgan fingerprint density at radius 2 is 2.29 bits per heavy atom. The molecule has 1 amide bonds. The van der Waals surface area contributed by atoms with E-state index in [4.69, 9.17) is 4.42 Å². The van der Waals surface area contributed by atoms with E-state index in [0.29, 0.717) is 0 Å². The van der Waals surface area contributed by atoms with Gasteiger partial charge in [-0.25, -0.2) is 4.98 Å². The first-order chi connectivity index (χ1) is 10.2. The summed E-state index contributed by atoms with van der Waals surface area (Å²) in [6, 6.07) is 7.82. The number of carbonyl (C=O) groups excluding carboxylic acids is 1. The van der Waals surface area contributed by atoms with E-state index in [2.05, 4.69) is 4.98 Å². The van der Waals surface area contributed by atoms with Gasteiger partial charge in [0.25, 0.3) is 0 Å². The molecule has 112 valence electrons. The Hall–Kier alpha value is -1.49. The molecule has 3 rings (SSSR count). The standard InChI is InChI=1S/C16H20N2O2S/c1-11(21-2)16(19)18-9-5-6-12(10-18)15-17-13-7-3-4-8-14(13)20-15/h3-4,7-8,11-12H,5-6,9-10H2,1-2H3/t11-,12-/m1/s1. The Kier molecular flexibility index (Phi) is 4.19. The second-order valence-electron chi connectivity index (χ2n) is 5.52. The Morgan fingerprint density at radius 3 is 3.05 bits per heavy atom. The minimum absolute atomic E-state index is 0.0207. The lowest BCUT2D eigenvalue weighted by atomic mass is 9.98. The first-order valence-corrected chi connectivity index (χ1v) is 8.65. The van der Waals surface area contributed by atoms with Crippen LogP contribution in [0.3, 0.4) is 0 Å². The van der Waals surface area contributed by atoms with E-state index >= 15 is 0 Å². The summed E-state index contributed by atoms with van der Waals surface area (Å²) < 4.78 is 5.87. The molecule has 0 unspecified atom stereocenters. The highest BCUT2D eigenvalue weighted by atomic mass is 32.2. The van der Waals surface area contributed by atoms with Crippen LogP contribution in [0, 0.1) is 0 Å². The maximum absolute atomic E-state index is 12.3. The lowest BCUT2D eigenvalue weighted by Gasteiger charge is -2.32. The first-order valence-electron chi connectivity index (χ1n) is 7.36. The zero-order chi connectivity index (χ0) is 14.8. The third-order valence-corrected chi connectivity index (χ3v) is 5.00. The van der Waals surface area contributed by atoms with Gasteiger partial charge in [-0.1, -0.05) is 12.1 Å². The fourth-order valence-corrected chi connectivity index (χ4v) is 3.15. The molecule has 0 spiro atoms. The third-order valence-electron chi connectivity index (χ3n) is 4.09. The SMILES string of the molecule is CS[C@H](C)C(=O)N1CCC[C@@H](c2nc3ccccc3o2)C1. The number of benzene rings is 1. The average molecular weight is 304 g/mol. The maximum atomic E-state index is 12.3. The maximum Gasteiger partial charge on any atom is 0.235 e. The molecule has 2 heterocycles. The van der Waals surface area contributed by atoms with Crippen molar-refractivity contribution in [2.75, 3.05) is 19.3 Å². The van der Waals surface area contributed by atoms with Gasteiger partial charge in [-0.2, -0.15) is 11.8 Å². The monoisotopic (exact) mass is 304 g/mol. The van der Waals surface area contributed by atoms with E-state index in [9.17, 15) is 4.79 Å². The van der Waals surface area contributed by atoms with Gasteiger partial charge in [0.05, 0.1) is 11.2 Å². The summed E-state index contributed by atoms with van der Waals surface area (Å²) in [6.45, 7) is 3.53. The largest absolute Gasteiger partial charge is 0.440 e. The molecule has 2 aromatic rings. The predicted molar refractivity (Wildman–Crippen MR) is 85.5 cm³/mol. The molecule has 1 aromatic heterocycles. The highest BCUT2D eigenvalue weighted by Gasteiger charge is 2.29. The van der Waals surface area contributed by atoms with Crippen LogP contribution in [-0.2, 0) is 4.79 Å². The summed E-state index contributed by atoms with van der Waals surface area (Å²) >= 11 is 1.60. The van der Waals surface area contributed by atoms with E-state index in [0.717, 1.165) is 42.9 Å². The van der Waals surface area contributed by atoms with E-state index < -0.39 is 0 Å². The second kappa shape index (κ2) is 6.10. The lowest BCUT2D eigenvalue weighted by Crippen LogP contribution is -2.42. The second-order valence-corrected chi connectivity index (χ2v) is 6.70. The predicted octanol–water partition coefficient (Wildman–Crippen LogP) is 3.29. The summed E-state index contributed by atoms with van der Waals surface area (Å²) in [4.78, 5) is 18.9. The van der Waals surface area contributed by atoms with Gasteiger partial charge in [-0.3, -0.25) is 4.79 Å². The molecule has 1 saturated heterocycles. The number of piperidine rings is 1. The van der Waals surface area contributed by atoms with Gasteiger partial charge in [0.15, 0.2) is 11.5 Å². The fourth-order valence-electron chi connectivity index (χ4n) is 2.80. The van der Waals surface area contributed by atoms with Crippen LogP contribution < -0.4 is 0 Å². The molecule has 1 aromatic carbocycles. The molecule has 0 N–H and O–H groups in total. The number of carbonyl (C=O) groups is 1. The summed E-state index contributed by atoms with van der Waals surface area (Å²) in [5.74, 6) is 1.21. The summed E-state index contributed by atoms with van der Waals surface area (Å²) in [6.07, 6.45) is 4.02. The molecule has 0 bridgehead atoms. The van der Waals surface area contributed by atoms with Crippen molar-refractivity contribution in [3.8, 4) is 0 Å². The molecule has 21 heavy (non-hydrogen) atoms. The van der Waals surface area contributed by atoms with Gasteiger partial charge in [-0.15, -0.1) is 0 Å². The highest BCUT2D eigenvalue weighted by molar-refractivity contribution is 7.99. The smallest absolute Gasteiger partial charge is 0.235 e. The number of para-hydroxylation sites is 2. The quantitative estimate of drug-likeness (QED) is 0.873. The topological polar surface area (TPSA) is 46.3 Å². The molecule has 0 radical (unpaired) electrons. The van der Waals surface area contributed by atoms with Crippen molar-refractivity contribution in [1.82, 2.24) is 9.88 Å². The molecule has 1 fully saturated rings. The van der Waals surface area contributed by atoms with Gasteiger partial charge in [0, 0.05) is 13.1 Å². The number of oxazole rings is 1. The van der Waals surface area contributed by atoms with Gasteiger partial charge in [-0.05, 0) is 38.2 Å². The molecule has 0 aliphatic carbocycles. The van der Waals surface area contributed by atoms with Crippen LogP contribution in [0.25, 0.3) is 11.1 Å². The number of hydrogen-bond donors (Lipinski definition) is 0. The minimum atomic E-state index is 0.0207. The van der Waals surface area contributed by atoms with Crippen molar-refractivity contribution in [2.45, 2.75) is 30.9 Å². The number of amides is 1. The van der Waals surface area contributed by atoms with Crippen molar-refractivity contribution in [3.63, 3.8) is 0 Å². The Bertz CT molecular complexity index is 607. The van der Waals surface area contributed by atoms with Crippen molar-refractivity contribution < 1.29 is 9.21 Å². The van der Waals surface area contributed by atoms with Crippen LogP contribution >= 0.6 is 11.8 Å². The van der Waals surface area contributed by atoms with Crippen LogP contribution in [0.2, 0.25) is 0 Å². The van der Waals surface area contributed by atoms with Gasteiger partial charge >= 0.3 is 0 Å². The van der Waals surface area contributed by atoms with E-state index in [1.54, 1.807) is 11.8 Å². The normalized spacial score (nSPS) is 20.7. The summed E-state index contributed by atoms with van der Waals surface area (Å²) in [7, 11) is 0. The number of hydrogen-bond acceptors (Lipinski definition) is 4. The lowest BCUT2D eigenvalue weighted by molar-refractivity contribution is -0.131. The van der Waals surface area contributed by atoms with Crippen molar-refractivity contribution in [3.05, 3.63) is 30.2 Å². The van der Waals surface area contributed by atoms with E-state index in [-0.39, 0.29) is 17.1 Å². The number of rotatable bonds is 3. The molecule has 1 aliphatic rings. The summed E-state index contributed by atoms with van der Waals surface area (Å²) in [5.41, 5.74) is 1.72. The van der Waals surface area contributed by atoms with Crippen LogP contribution in [0.5, 0.6) is 0 Å². The molecule has 5 heteroatoms. The van der Waals surface area contributed by atoms with Crippen molar-refractivity contribution in [2.24, 2.45) is 0 Å². The average Bonchev–Trinajstić information content (AvgIpc) is 2.97. The molecular formula is C16H20N2O2S. The fraction of sp³-hybridized carbons (Fsp3) is 0.500. The van der Waals surface area contributed by atoms with E-state index in [1.807, 2.05) is 42.3 Å². The molecule has 2 atom stereocenters. The Morgan fingerprint density at radius 1 is 1.48 bits per heavy atom. The zero-order valence-electron chi connectivity index (χ0n) is 12.4. The first kappa shape index (κ1) is 14.4. The van der Waals surface area contributed by atoms with Crippen LogP contribution in [-0.4, -0.2) is 40.4 Å². The van der Waals surface area contributed by atoms with Gasteiger partial charge in [0.1, 0.15) is 5.52 Å².